The molecule has 6 aromatic carbocycles. The fourth-order valence-electron chi connectivity index (χ4n) is 7.04. The van der Waals surface area contributed by atoms with E-state index in [0.29, 0.717) is 19.8 Å². The summed E-state index contributed by atoms with van der Waals surface area (Å²) in [5, 5.41) is 0. The van der Waals surface area contributed by atoms with Crippen LogP contribution < -0.4 is 0 Å². The molecule has 270 valence electrons. The molecule has 0 aliphatic carbocycles. The minimum atomic E-state index is -1.07. The SMILES string of the molecule is CO[C@@H]1O[C@H](COCc2ccccc2)[C@@H](OCc2ccccc2)[C@H](OC(c2ccccc2)(c2ccccc2)c2ccccc2)[C@H]1OCc1ccccc1. The van der Waals surface area contributed by atoms with E-state index in [1.54, 1.807) is 7.11 Å². The normalized spacial score (nSPS) is 20.2. The zero-order valence-corrected chi connectivity index (χ0v) is 30.0. The molecule has 7 rings (SSSR count). The average molecular weight is 707 g/mol. The number of hydrogen-bond acceptors (Lipinski definition) is 6. The van der Waals surface area contributed by atoms with E-state index in [2.05, 4.69) is 60.7 Å². The van der Waals surface area contributed by atoms with Crippen molar-refractivity contribution in [2.45, 2.75) is 56.1 Å². The van der Waals surface area contributed by atoms with Gasteiger partial charge in [-0.3, -0.25) is 0 Å². The number of rotatable bonds is 16. The molecule has 0 aromatic heterocycles. The van der Waals surface area contributed by atoms with Gasteiger partial charge in [-0.05, 0) is 33.4 Å². The lowest BCUT2D eigenvalue weighted by molar-refractivity contribution is -0.330. The van der Waals surface area contributed by atoms with Gasteiger partial charge in [0, 0.05) is 7.11 Å². The summed E-state index contributed by atoms with van der Waals surface area (Å²) in [7, 11) is 1.65. The lowest BCUT2D eigenvalue weighted by Gasteiger charge is -2.49. The summed E-state index contributed by atoms with van der Waals surface area (Å²) < 4.78 is 40.9. The minimum Gasteiger partial charge on any atom is -0.374 e. The van der Waals surface area contributed by atoms with Crippen LogP contribution in [0.4, 0.5) is 0 Å². The van der Waals surface area contributed by atoms with Crippen molar-refractivity contribution in [1.29, 1.82) is 0 Å². The number of ether oxygens (including phenoxy) is 6. The van der Waals surface area contributed by atoms with Crippen LogP contribution in [0.5, 0.6) is 0 Å². The van der Waals surface area contributed by atoms with Gasteiger partial charge in [-0.2, -0.15) is 0 Å². The summed E-state index contributed by atoms with van der Waals surface area (Å²) in [4.78, 5) is 0. The van der Waals surface area contributed by atoms with Crippen molar-refractivity contribution in [2.75, 3.05) is 13.7 Å². The third kappa shape index (κ3) is 8.83. The fourth-order valence-corrected chi connectivity index (χ4v) is 7.04. The molecule has 6 nitrogen and oxygen atoms in total. The van der Waals surface area contributed by atoms with E-state index in [4.69, 9.17) is 28.4 Å². The van der Waals surface area contributed by atoms with E-state index in [-0.39, 0.29) is 6.61 Å². The minimum absolute atomic E-state index is 0.245. The lowest BCUT2D eigenvalue weighted by atomic mass is 9.79. The van der Waals surface area contributed by atoms with Crippen LogP contribution in [0.1, 0.15) is 33.4 Å². The van der Waals surface area contributed by atoms with Crippen LogP contribution in [0, 0.1) is 0 Å². The molecule has 0 unspecified atom stereocenters. The second-order valence-electron chi connectivity index (χ2n) is 13.2. The molecular weight excluding hydrogens is 661 g/mol. The third-order valence-corrected chi connectivity index (χ3v) is 9.64. The molecule has 0 radical (unpaired) electrons. The average Bonchev–Trinajstić information content (AvgIpc) is 3.24. The summed E-state index contributed by atoms with van der Waals surface area (Å²) in [6.07, 6.45) is -3.37. The molecular formula is C47H46O6. The highest BCUT2D eigenvalue weighted by Gasteiger charge is 2.53. The highest BCUT2D eigenvalue weighted by Crippen LogP contribution is 2.44. The third-order valence-electron chi connectivity index (χ3n) is 9.64. The van der Waals surface area contributed by atoms with Crippen LogP contribution >= 0.6 is 0 Å². The first-order chi connectivity index (χ1) is 26.2. The van der Waals surface area contributed by atoms with Crippen molar-refractivity contribution in [1.82, 2.24) is 0 Å². The van der Waals surface area contributed by atoms with Crippen LogP contribution in [0.15, 0.2) is 182 Å². The topological polar surface area (TPSA) is 55.4 Å². The first kappa shape index (κ1) is 36.4. The summed E-state index contributed by atoms with van der Waals surface area (Å²) in [6.45, 7) is 1.33. The Kier molecular flexibility index (Phi) is 12.5. The molecule has 0 saturated carbocycles. The smallest absolute Gasteiger partial charge is 0.186 e. The zero-order valence-electron chi connectivity index (χ0n) is 30.0. The van der Waals surface area contributed by atoms with Gasteiger partial charge in [0.05, 0.1) is 26.4 Å². The lowest BCUT2D eigenvalue weighted by Crippen LogP contribution is -2.63. The van der Waals surface area contributed by atoms with Gasteiger partial charge in [0.15, 0.2) is 6.29 Å². The maximum Gasteiger partial charge on any atom is 0.186 e. The monoisotopic (exact) mass is 706 g/mol. The summed E-state index contributed by atoms with van der Waals surface area (Å²) >= 11 is 0. The van der Waals surface area contributed by atoms with Gasteiger partial charge in [0.25, 0.3) is 0 Å². The van der Waals surface area contributed by atoms with E-state index in [1.807, 2.05) is 121 Å². The molecule has 0 spiro atoms. The summed E-state index contributed by atoms with van der Waals surface area (Å²) in [6, 6.07) is 61.5. The highest BCUT2D eigenvalue weighted by atomic mass is 16.7. The maximum atomic E-state index is 7.80. The first-order valence-corrected chi connectivity index (χ1v) is 18.2. The molecule has 0 amide bonds. The van der Waals surface area contributed by atoms with Gasteiger partial charge in [0.2, 0.25) is 0 Å². The Labute approximate surface area is 312 Å². The van der Waals surface area contributed by atoms with Crippen molar-refractivity contribution in [3.05, 3.63) is 215 Å². The van der Waals surface area contributed by atoms with E-state index < -0.39 is 36.3 Å². The second-order valence-corrected chi connectivity index (χ2v) is 13.2. The molecule has 1 heterocycles. The molecule has 1 fully saturated rings. The van der Waals surface area contributed by atoms with Crippen LogP contribution in [-0.2, 0) is 53.8 Å². The van der Waals surface area contributed by atoms with Crippen molar-refractivity contribution >= 4 is 0 Å². The molecule has 1 aliphatic heterocycles. The number of hydrogen-bond donors (Lipinski definition) is 0. The van der Waals surface area contributed by atoms with Crippen molar-refractivity contribution in [3.8, 4) is 0 Å². The molecule has 53 heavy (non-hydrogen) atoms. The summed E-state index contributed by atoms with van der Waals surface area (Å²) in [5.74, 6) is 0. The molecule has 5 atom stereocenters. The molecule has 6 heteroatoms. The van der Waals surface area contributed by atoms with Crippen LogP contribution in [0.25, 0.3) is 0 Å². The number of benzene rings is 6. The van der Waals surface area contributed by atoms with E-state index in [0.717, 1.165) is 33.4 Å². The van der Waals surface area contributed by atoms with Gasteiger partial charge >= 0.3 is 0 Å². The quantitative estimate of drug-likeness (QED) is 0.0937. The predicted octanol–water partition coefficient (Wildman–Crippen LogP) is 9.12. The molecule has 0 N–H and O–H groups in total. The van der Waals surface area contributed by atoms with Gasteiger partial charge in [-0.25, -0.2) is 0 Å². The Morgan fingerprint density at radius 2 is 0.830 bits per heavy atom. The molecule has 6 aromatic rings. The van der Waals surface area contributed by atoms with Crippen LogP contribution in [0.2, 0.25) is 0 Å². The van der Waals surface area contributed by atoms with E-state index >= 15 is 0 Å². The highest BCUT2D eigenvalue weighted by molar-refractivity contribution is 5.47. The van der Waals surface area contributed by atoms with Gasteiger partial charge < -0.3 is 28.4 Å². The van der Waals surface area contributed by atoms with E-state index in [1.165, 1.54) is 0 Å². The fraction of sp³-hybridized carbons (Fsp3) is 0.234. The van der Waals surface area contributed by atoms with Crippen LogP contribution in [0.3, 0.4) is 0 Å². The first-order valence-electron chi connectivity index (χ1n) is 18.2. The van der Waals surface area contributed by atoms with Gasteiger partial charge in [0.1, 0.15) is 30.0 Å². The van der Waals surface area contributed by atoms with Gasteiger partial charge in [-0.15, -0.1) is 0 Å². The maximum absolute atomic E-state index is 7.80. The van der Waals surface area contributed by atoms with Gasteiger partial charge in [-0.1, -0.05) is 182 Å². The van der Waals surface area contributed by atoms with Crippen molar-refractivity contribution < 1.29 is 28.4 Å². The Hall–Kier alpha value is -4.92. The Balaban J connectivity index is 1.35. The standard InChI is InChI=1S/C47H46O6/c1-48-46-45(51-34-38-24-12-4-13-25-38)44(43(50-33-37-22-10-3-11-23-37)42(52-46)35-49-32-36-20-8-2-9-21-36)53-47(39-26-14-5-15-27-39,40-28-16-6-17-29-40)41-30-18-7-19-31-41/h2-31,42-46H,32-35H2,1H3/t42-,43-,44+,45-,46-/m1/s1. The molecule has 0 bridgehead atoms. The summed E-state index contributed by atoms with van der Waals surface area (Å²) in [5.41, 5.74) is 4.97. The van der Waals surface area contributed by atoms with E-state index in [9.17, 15) is 0 Å². The largest absolute Gasteiger partial charge is 0.374 e. The van der Waals surface area contributed by atoms with Crippen LogP contribution in [-0.4, -0.2) is 44.4 Å². The predicted molar refractivity (Wildman–Crippen MR) is 206 cm³/mol. The second kappa shape index (κ2) is 18.2. The van der Waals surface area contributed by atoms with Crippen molar-refractivity contribution in [3.63, 3.8) is 0 Å². The zero-order chi connectivity index (χ0) is 36.1. The molecule has 1 aliphatic rings. The Morgan fingerprint density at radius 3 is 1.25 bits per heavy atom. The van der Waals surface area contributed by atoms with Crippen molar-refractivity contribution in [2.24, 2.45) is 0 Å². The number of methoxy groups -OCH3 is 1. The Bertz CT molecular complexity index is 1810. The Morgan fingerprint density at radius 1 is 0.453 bits per heavy atom. The molecule has 1 saturated heterocycles.